The molecule has 0 saturated carbocycles. The quantitative estimate of drug-likeness (QED) is 0.797. The van der Waals surface area contributed by atoms with Gasteiger partial charge in [0.25, 0.3) is 5.56 Å². The van der Waals surface area contributed by atoms with Crippen molar-refractivity contribution in [1.82, 2.24) is 19.9 Å². The molecule has 1 saturated heterocycles. The van der Waals surface area contributed by atoms with E-state index in [1.54, 1.807) is 12.4 Å². The Hall–Kier alpha value is -2.79. The summed E-state index contributed by atoms with van der Waals surface area (Å²) in [6.45, 7) is 3.35. The van der Waals surface area contributed by atoms with Gasteiger partial charge in [0.05, 0.1) is 5.69 Å². The van der Waals surface area contributed by atoms with Crippen LogP contribution in [0.4, 0.5) is 0 Å². The Morgan fingerprint density at radius 2 is 1.84 bits per heavy atom. The molecule has 1 aliphatic rings. The van der Waals surface area contributed by atoms with Crippen molar-refractivity contribution in [3.05, 3.63) is 70.8 Å². The molecular formula is C20H20N4O. The zero-order valence-corrected chi connectivity index (χ0v) is 14.0. The van der Waals surface area contributed by atoms with Crippen LogP contribution in [0.2, 0.25) is 0 Å². The Bertz CT molecular complexity index is 897. The Morgan fingerprint density at radius 1 is 1.04 bits per heavy atom. The van der Waals surface area contributed by atoms with E-state index in [1.807, 2.05) is 24.3 Å². The maximum atomic E-state index is 12.0. The summed E-state index contributed by atoms with van der Waals surface area (Å²) in [4.78, 5) is 26.0. The molecular weight excluding hydrogens is 312 g/mol. The molecule has 5 heteroatoms. The van der Waals surface area contributed by atoms with Gasteiger partial charge in [-0.3, -0.25) is 14.7 Å². The Labute approximate surface area is 146 Å². The third-order valence-electron chi connectivity index (χ3n) is 4.53. The van der Waals surface area contributed by atoms with Crippen molar-refractivity contribution in [2.75, 3.05) is 13.1 Å². The van der Waals surface area contributed by atoms with Crippen LogP contribution in [0.1, 0.15) is 18.4 Å². The van der Waals surface area contributed by atoms with Gasteiger partial charge in [0.2, 0.25) is 0 Å². The van der Waals surface area contributed by atoms with E-state index >= 15 is 0 Å². The Kier molecular flexibility index (Phi) is 4.39. The number of likely N-dealkylation sites (tertiary alicyclic amines) is 1. The average molecular weight is 332 g/mol. The summed E-state index contributed by atoms with van der Waals surface area (Å²) in [7, 11) is 0. The summed E-state index contributed by atoms with van der Waals surface area (Å²) in [5.74, 6) is 0.582. The maximum absolute atomic E-state index is 12.0. The van der Waals surface area contributed by atoms with Gasteiger partial charge in [-0.1, -0.05) is 24.3 Å². The molecule has 5 nitrogen and oxygen atoms in total. The third-order valence-corrected chi connectivity index (χ3v) is 4.53. The number of nitrogens with zero attached hydrogens (tertiary/aromatic N) is 3. The van der Waals surface area contributed by atoms with Crippen LogP contribution in [0.15, 0.2) is 59.7 Å². The fourth-order valence-corrected chi connectivity index (χ4v) is 3.22. The van der Waals surface area contributed by atoms with Gasteiger partial charge in [0.1, 0.15) is 5.82 Å². The van der Waals surface area contributed by atoms with Crippen LogP contribution in [-0.4, -0.2) is 32.9 Å². The second-order valence-corrected chi connectivity index (χ2v) is 6.40. The van der Waals surface area contributed by atoms with Crippen molar-refractivity contribution in [2.24, 2.45) is 0 Å². The number of H-pyrrole nitrogens is 1. The minimum absolute atomic E-state index is 0.162. The fraction of sp³-hybridized carbons (Fsp3) is 0.250. The van der Waals surface area contributed by atoms with E-state index in [4.69, 9.17) is 0 Å². The van der Waals surface area contributed by atoms with Crippen molar-refractivity contribution in [2.45, 2.75) is 19.4 Å². The molecule has 4 rings (SSSR count). The zero-order valence-electron chi connectivity index (χ0n) is 14.0. The second kappa shape index (κ2) is 6.99. The minimum Gasteiger partial charge on any atom is -0.306 e. The first-order chi connectivity index (χ1) is 12.3. The molecule has 25 heavy (non-hydrogen) atoms. The van der Waals surface area contributed by atoms with Crippen LogP contribution in [0.25, 0.3) is 22.6 Å². The third kappa shape index (κ3) is 3.67. The van der Waals surface area contributed by atoms with Crippen LogP contribution >= 0.6 is 0 Å². The van der Waals surface area contributed by atoms with E-state index < -0.39 is 0 Å². The number of hydrogen-bond acceptors (Lipinski definition) is 4. The first-order valence-corrected chi connectivity index (χ1v) is 8.61. The standard InChI is InChI=1S/C20H20N4O/c25-19-12-18(17-4-3-9-21-13-17)22-20(23-19)16-7-5-15(6-8-16)14-24-10-1-2-11-24/h3-9,12-13H,1-2,10-11,14H2,(H,22,23,25). The Morgan fingerprint density at radius 3 is 2.56 bits per heavy atom. The normalized spacial score (nSPS) is 14.7. The lowest BCUT2D eigenvalue weighted by Crippen LogP contribution is -2.18. The van der Waals surface area contributed by atoms with Crippen molar-refractivity contribution in [1.29, 1.82) is 0 Å². The topological polar surface area (TPSA) is 61.9 Å². The van der Waals surface area contributed by atoms with Crippen molar-refractivity contribution in [3.8, 4) is 22.6 Å². The van der Waals surface area contributed by atoms with Gasteiger partial charge in [0, 0.05) is 36.1 Å². The molecule has 1 aromatic carbocycles. The molecule has 126 valence electrons. The van der Waals surface area contributed by atoms with Crippen molar-refractivity contribution < 1.29 is 0 Å². The molecule has 1 N–H and O–H groups in total. The number of aromatic nitrogens is 3. The van der Waals surface area contributed by atoms with Gasteiger partial charge in [-0.05, 0) is 43.6 Å². The molecule has 2 aromatic heterocycles. The summed E-state index contributed by atoms with van der Waals surface area (Å²) >= 11 is 0. The van der Waals surface area contributed by atoms with Gasteiger partial charge < -0.3 is 4.98 Å². The molecule has 0 radical (unpaired) electrons. The molecule has 3 aromatic rings. The number of rotatable bonds is 4. The Balaban J connectivity index is 1.61. The summed E-state index contributed by atoms with van der Waals surface area (Å²) in [6.07, 6.45) is 6.01. The maximum Gasteiger partial charge on any atom is 0.251 e. The number of benzene rings is 1. The second-order valence-electron chi connectivity index (χ2n) is 6.40. The number of hydrogen-bond donors (Lipinski definition) is 1. The van der Waals surface area contributed by atoms with E-state index in [-0.39, 0.29) is 5.56 Å². The SMILES string of the molecule is O=c1cc(-c2cccnc2)nc(-c2ccc(CN3CCCC3)cc2)[nH]1. The lowest BCUT2D eigenvalue weighted by Gasteiger charge is -2.14. The minimum atomic E-state index is -0.162. The summed E-state index contributed by atoms with van der Waals surface area (Å²) in [6, 6.07) is 13.5. The van der Waals surface area contributed by atoms with Crippen LogP contribution < -0.4 is 5.56 Å². The fourth-order valence-electron chi connectivity index (χ4n) is 3.22. The van der Waals surface area contributed by atoms with Gasteiger partial charge in [-0.15, -0.1) is 0 Å². The van der Waals surface area contributed by atoms with Crippen LogP contribution in [0.3, 0.4) is 0 Å². The van der Waals surface area contributed by atoms with Gasteiger partial charge in [-0.2, -0.15) is 0 Å². The zero-order chi connectivity index (χ0) is 17.1. The average Bonchev–Trinajstić information content (AvgIpc) is 3.16. The van der Waals surface area contributed by atoms with Crippen LogP contribution in [-0.2, 0) is 6.54 Å². The van der Waals surface area contributed by atoms with Crippen LogP contribution in [0, 0.1) is 0 Å². The molecule has 0 bridgehead atoms. The van der Waals surface area contributed by atoms with Crippen molar-refractivity contribution in [3.63, 3.8) is 0 Å². The summed E-state index contributed by atoms with van der Waals surface area (Å²) in [5.41, 5.74) is 3.50. The molecule has 1 fully saturated rings. The van der Waals surface area contributed by atoms with Gasteiger partial charge >= 0.3 is 0 Å². The first kappa shape index (κ1) is 15.7. The van der Waals surface area contributed by atoms with Gasteiger partial charge in [0.15, 0.2) is 0 Å². The number of pyridine rings is 1. The predicted molar refractivity (Wildman–Crippen MR) is 98.0 cm³/mol. The molecule has 0 aliphatic carbocycles. The number of aromatic amines is 1. The summed E-state index contributed by atoms with van der Waals surface area (Å²) < 4.78 is 0. The molecule has 1 aliphatic heterocycles. The molecule has 3 heterocycles. The molecule has 0 unspecified atom stereocenters. The highest BCUT2D eigenvalue weighted by Gasteiger charge is 2.12. The van der Waals surface area contributed by atoms with E-state index in [0.717, 1.165) is 17.7 Å². The van der Waals surface area contributed by atoms with E-state index in [2.05, 4.69) is 32.0 Å². The monoisotopic (exact) mass is 332 g/mol. The smallest absolute Gasteiger partial charge is 0.251 e. The summed E-state index contributed by atoms with van der Waals surface area (Å²) in [5, 5.41) is 0. The van der Waals surface area contributed by atoms with Crippen LogP contribution in [0.5, 0.6) is 0 Å². The highest BCUT2D eigenvalue weighted by atomic mass is 16.1. The predicted octanol–water partition coefficient (Wildman–Crippen LogP) is 3.09. The first-order valence-electron chi connectivity index (χ1n) is 8.61. The highest BCUT2D eigenvalue weighted by Crippen LogP contribution is 2.20. The lowest BCUT2D eigenvalue weighted by atomic mass is 10.1. The number of nitrogens with one attached hydrogen (secondary N) is 1. The molecule has 0 atom stereocenters. The molecule has 0 spiro atoms. The largest absolute Gasteiger partial charge is 0.306 e. The van der Waals surface area contributed by atoms with Crippen molar-refractivity contribution >= 4 is 0 Å². The molecule has 0 amide bonds. The van der Waals surface area contributed by atoms with E-state index in [9.17, 15) is 4.79 Å². The lowest BCUT2D eigenvalue weighted by molar-refractivity contribution is 0.331. The van der Waals surface area contributed by atoms with Gasteiger partial charge in [-0.25, -0.2) is 4.98 Å². The van der Waals surface area contributed by atoms with E-state index in [1.165, 1.54) is 37.6 Å². The highest BCUT2D eigenvalue weighted by molar-refractivity contribution is 5.62. The van der Waals surface area contributed by atoms with E-state index in [0.29, 0.717) is 11.5 Å².